The van der Waals surface area contributed by atoms with Gasteiger partial charge >= 0.3 is 0 Å². The molecular formula is C15H18N2O. The topological polar surface area (TPSA) is 34.1 Å². The molecule has 0 aliphatic carbocycles. The number of nitrogens with zero attached hydrogens (tertiary/aromatic N) is 1. The summed E-state index contributed by atoms with van der Waals surface area (Å²) in [6.07, 6.45) is 3.59. The Bertz CT molecular complexity index is 494. The van der Waals surface area contributed by atoms with E-state index >= 15 is 0 Å². The maximum Gasteiger partial charge on any atom is 0.137 e. The minimum Gasteiger partial charge on any atom is -0.492 e. The molecule has 2 aromatic rings. The molecule has 1 heterocycles. The lowest BCUT2D eigenvalue weighted by atomic mass is 10.2. The highest BCUT2D eigenvalue weighted by atomic mass is 16.5. The van der Waals surface area contributed by atoms with Gasteiger partial charge in [-0.3, -0.25) is 4.98 Å². The van der Waals surface area contributed by atoms with Crippen LogP contribution >= 0.6 is 0 Å². The van der Waals surface area contributed by atoms with Crippen molar-refractivity contribution >= 4 is 5.69 Å². The predicted octanol–water partition coefficient (Wildman–Crippen LogP) is 3.40. The minimum atomic E-state index is 0.663. The second kappa shape index (κ2) is 6.05. The Morgan fingerprint density at radius 3 is 2.67 bits per heavy atom. The summed E-state index contributed by atoms with van der Waals surface area (Å²) in [5.74, 6) is 0.820. The smallest absolute Gasteiger partial charge is 0.137 e. The fraction of sp³-hybridized carbons (Fsp3) is 0.267. The zero-order valence-electron chi connectivity index (χ0n) is 10.8. The van der Waals surface area contributed by atoms with Gasteiger partial charge < -0.3 is 10.1 Å². The standard InChI is InChI=1S/C15H18N2O/c1-3-18-15-8-13(9-16-11-15)10-17-14-6-4-12(2)5-7-14/h4-9,11,17H,3,10H2,1-2H3. The molecule has 0 unspecified atom stereocenters. The van der Waals surface area contributed by atoms with Crippen molar-refractivity contribution in [3.8, 4) is 5.75 Å². The van der Waals surface area contributed by atoms with Crippen LogP contribution in [0.3, 0.4) is 0 Å². The molecule has 94 valence electrons. The Morgan fingerprint density at radius 1 is 1.17 bits per heavy atom. The van der Waals surface area contributed by atoms with Crippen molar-refractivity contribution in [1.29, 1.82) is 0 Å². The lowest BCUT2D eigenvalue weighted by molar-refractivity contribution is 0.338. The average molecular weight is 242 g/mol. The maximum atomic E-state index is 5.42. The van der Waals surface area contributed by atoms with Crippen LogP contribution in [0.15, 0.2) is 42.7 Å². The van der Waals surface area contributed by atoms with Crippen molar-refractivity contribution in [3.63, 3.8) is 0 Å². The molecular weight excluding hydrogens is 224 g/mol. The highest BCUT2D eigenvalue weighted by Crippen LogP contribution is 2.14. The van der Waals surface area contributed by atoms with Gasteiger partial charge in [0, 0.05) is 18.4 Å². The lowest BCUT2D eigenvalue weighted by Crippen LogP contribution is -2.01. The first-order valence-corrected chi connectivity index (χ1v) is 6.15. The molecule has 0 amide bonds. The molecule has 0 atom stereocenters. The molecule has 1 aromatic carbocycles. The molecule has 1 N–H and O–H groups in total. The van der Waals surface area contributed by atoms with Crippen LogP contribution in [0, 0.1) is 6.92 Å². The third kappa shape index (κ3) is 3.48. The van der Waals surface area contributed by atoms with Gasteiger partial charge in [0.15, 0.2) is 0 Å². The van der Waals surface area contributed by atoms with E-state index < -0.39 is 0 Å². The molecule has 0 spiro atoms. The fourth-order valence-corrected chi connectivity index (χ4v) is 1.68. The number of anilines is 1. The molecule has 0 fully saturated rings. The summed E-state index contributed by atoms with van der Waals surface area (Å²) in [5, 5.41) is 3.36. The molecule has 1 aromatic heterocycles. The summed E-state index contributed by atoms with van der Waals surface area (Å²) in [4.78, 5) is 4.16. The Morgan fingerprint density at radius 2 is 1.94 bits per heavy atom. The molecule has 0 aliphatic heterocycles. The van der Waals surface area contributed by atoms with Gasteiger partial charge in [-0.2, -0.15) is 0 Å². The number of rotatable bonds is 5. The van der Waals surface area contributed by atoms with Gasteiger partial charge in [0.2, 0.25) is 0 Å². The second-order valence-corrected chi connectivity index (χ2v) is 4.18. The Kier molecular flexibility index (Phi) is 4.18. The molecule has 3 nitrogen and oxygen atoms in total. The number of hydrogen-bond donors (Lipinski definition) is 1. The van der Waals surface area contributed by atoms with Crippen LogP contribution in [0.25, 0.3) is 0 Å². The van der Waals surface area contributed by atoms with Crippen molar-refractivity contribution in [2.24, 2.45) is 0 Å². The van der Waals surface area contributed by atoms with E-state index in [1.54, 1.807) is 6.20 Å². The third-order valence-corrected chi connectivity index (χ3v) is 2.63. The lowest BCUT2D eigenvalue weighted by Gasteiger charge is -2.08. The zero-order chi connectivity index (χ0) is 12.8. The summed E-state index contributed by atoms with van der Waals surface area (Å²) >= 11 is 0. The second-order valence-electron chi connectivity index (χ2n) is 4.18. The van der Waals surface area contributed by atoms with Crippen molar-refractivity contribution in [2.75, 3.05) is 11.9 Å². The molecule has 18 heavy (non-hydrogen) atoms. The van der Waals surface area contributed by atoms with Crippen LogP contribution in [0.2, 0.25) is 0 Å². The minimum absolute atomic E-state index is 0.663. The van der Waals surface area contributed by atoms with Gasteiger partial charge in [-0.05, 0) is 37.6 Å². The van der Waals surface area contributed by atoms with Gasteiger partial charge in [-0.15, -0.1) is 0 Å². The highest BCUT2D eigenvalue weighted by Gasteiger charge is 1.98. The molecule has 0 radical (unpaired) electrons. The van der Waals surface area contributed by atoms with Crippen molar-refractivity contribution in [2.45, 2.75) is 20.4 Å². The number of hydrogen-bond acceptors (Lipinski definition) is 3. The molecule has 0 saturated carbocycles. The van der Waals surface area contributed by atoms with Crippen LogP contribution in [0.1, 0.15) is 18.1 Å². The van der Waals surface area contributed by atoms with Crippen molar-refractivity contribution < 1.29 is 4.74 Å². The van der Waals surface area contributed by atoms with E-state index in [9.17, 15) is 0 Å². The Hall–Kier alpha value is -2.03. The van der Waals surface area contributed by atoms with E-state index in [4.69, 9.17) is 4.74 Å². The molecule has 0 saturated heterocycles. The fourth-order valence-electron chi connectivity index (χ4n) is 1.68. The predicted molar refractivity (Wildman–Crippen MR) is 73.9 cm³/mol. The van der Waals surface area contributed by atoms with E-state index in [0.29, 0.717) is 6.61 Å². The third-order valence-electron chi connectivity index (χ3n) is 2.63. The Balaban J connectivity index is 1.97. The summed E-state index contributed by atoms with van der Waals surface area (Å²) in [7, 11) is 0. The maximum absolute atomic E-state index is 5.42. The van der Waals surface area contributed by atoms with Gasteiger partial charge in [0.05, 0.1) is 12.8 Å². The van der Waals surface area contributed by atoms with Gasteiger partial charge in [0.25, 0.3) is 0 Å². The van der Waals surface area contributed by atoms with Crippen LogP contribution < -0.4 is 10.1 Å². The van der Waals surface area contributed by atoms with E-state index in [2.05, 4.69) is 41.5 Å². The van der Waals surface area contributed by atoms with Crippen molar-refractivity contribution in [3.05, 3.63) is 53.9 Å². The monoisotopic (exact) mass is 242 g/mol. The molecule has 3 heteroatoms. The number of aryl methyl sites for hydroxylation is 1. The zero-order valence-corrected chi connectivity index (χ0v) is 10.8. The quantitative estimate of drug-likeness (QED) is 0.872. The largest absolute Gasteiger partial charge is 0.492 e. The highest BCUT2D eigenvalue weighted by molar-refractivity contribution is 5.45. The number of nitrogens with one attached hydrogen (secondary N) is 1. The number of ether oxygens (including phenoxy) is 1. The van der Waals surface area contributed by atoms with E-state index in [0.717, 1.165) is 23.5 Å². The van der Waals surface area contributed by atoms with E-state index in [1.165, 1.54) is 5.56 Å². The first-order valence-electron chi connectivity index (χ1n) is 6.15. The molecule has 2 rings (SSSR count). The van der Waals surface area contributed by atoms with Crippen LogP contribution in [-0.2, 0) is 6.54 Å². The van der Waals surface area contributed by atoms with E-state index in [-0.39, 0.29) is 0 Å². The summed E-state index contributed by atoms with van der Waals surface area (Å²) < 4.78 is 5.42. The van der Waals surface area contributed by atoms with Gasteiger partial charge in [-0.25, -0.2) is 0 Å². The van der Waals surface area contributed by atoms with Crippen LogP contribution in [0.4, 0.5) is 5.69 Å². The number of pyridine rings is 1. The van der Waals surface area contributed by atoms with Gasteiger partial charge in [0.1, 0.15) is 5.75 Å². The summed E-state index contributed by atoms with van der Waals surface area (Å²) in [6.45, 7) is 5.46. The number of benzene rings is 1. The first kappa shape index (κ1) is 12.4. The van der Waals surface area contributed by atoms with Gasteiger partial charge in [-0.1, -0.05) is 17.7 Å². The Labute approximate surface area is 108 Å². The summed E-state index contributed by atoms with van der Waals surface area (Å²) in [6, 6.07) is 10.4. The SMILES string of the molecule is CCOc1cncc(CNc2ccc(C)cc2)c1. The summed E-state index contributed by atoms with van der Waals surface area (Å²) in [5.41, 5.74) is 3.49. The van der Waals surface area contributed by atoms with Crippen LogP contribution in [0.5, 0.6) is 5.75 Å². The average Bonchev–Trinajstić information content (AvgIpc) is 2.39. The van der Waals surface area contributed by atoms with E-state index in [1.807, 2.05) is 19.2 Å². The van der Waals surface area contributed by atoms with Crippen molar-refractivity contribution in [1.82, 2.24) is 4.98 Å². The molecule has 0 aliphatic rings. The normalized spacial score (nSPS) is 10.1. The molecule has 0 bridgehead atoms. The first-order chi connectivity index (χ1) is 8.78. The number of aromatic nitrogens is 1. The van der Waals surface area contributed by atoms with Crippen LogP contribution in [-0.4, -0.2) is 11.6 Å².